The van der Waals surface area contributed by atoms with Gasteiger partial charge in [0.25, 0.3) is 5.92 Å². The lowest BCUT2D eigenvalue weighted by Crippen LogP contribution is -2.55. The molecule has 1 saturated carbocycles. The monoisotopic (exact) mass is 633 g/mol. The van der Waals surface area contributed by atoms with Gasteiger partial charge in [0.15, 0.2) is 6.04 Å². The zero-order chi connectivity index (χ0) is 31.5. The van der Waals surface area contributed by atoms with Crippen molar-refractivity contribution >= 4 is 17.9 Å². The highest BCUT2D eigenvalue weighted by Crippen LogP contribution is 2.39. The van der Waals surface area contributed by atoms with Gasteiger partial charge in [-0.05, 0) is 93.7 Å². The summed E-state index contributed by atoms with van der Waals surface area (Å²) in [5.74, 6) is -2.03. The Balaban J connectivity index is 0.00000216. The Hall–Kier alpha value is -2.40. The molecule has 3 aliphatic carbocycles. The molecular formula is C34H49F2N3O4S. The summed E-state index contributed by atoms with van der Waals surface area (Å²) in [7, 11) is 1.00. The van der Waals surface area contributed by atoms with Gasteiger partial charge in [0.2, 0.25) is 5.91 Å². The Morgan fingerprint density at radius 1 is 1.11 bits per heavy atom. The van der Waals surface area contributed by atoms with E-state index in [4.69, 9.17) is 20.3 Å². The number of nitrogens with zero attached hydrogens (tertiary/aromatic N) is 1. The lowest BCUT2D eigenvalue weighted by Gasteiger charge is -2.36. The van der Waals surface area contributed by atoms with Crippen molar-refractivity contribution in [3.05, 3.63) is 66.0 Å². The molecule has 1 aliphatic heterocycles. The van der Waals surface area contributed by atoms with E-state index < -0.39 is 17.9 Å². The number of nitrogens with two attached hydrogens (primary N) is 1. The van der Waals surface area contributed by atoms with Crippen LogP contribution in [-0.4, -0.2) is 66.2 Å². The first-order chi connectivity index (χ1) is 21.3. The van der Waals surface area contributed by atoms with E-state index in [1.54, 1.807) is 12.1 Å². The van der Waals surface area contributed by atoms with E-state index in [1.165, 1.54) is 41.8 Å². The van der Waals surface area contributed by atoms with E-state index in [2.05, 4.69) is 42.0 Å². The summed E-state index contributed by atoms with van der Waals surface area (Å²) in [6.45, 7) is 3.38. The van der Waals surface area contributed by atoms with E-state index in [-0.39, 0.29) is 28.7 Å². The van der Waals surface area contributed by atoms with Crippen LogP contribution in [0.3, 0.4) is 0 Å². The first-order valence-electron chi connectivity index (χ1n) is 16.1. The summed E-state index contributed by atoms with van der Waals surface area (Å²) in [4.78, 5) is 15.1. The number of allylic oxidation sites excluding steroid dienone is 4. The molecule has 0 spiro atoms. The van der Waals surface area contributed by atoms with E-state index in [0.29, 0.717) is 44.4 Å². The number of likely N-dealkylation sites (tertiary alicyclic amines) is 1. The number of rotatable bonds is 12. The standard InChI is InChI=1S/C33H45F2N3O3S.CH4O/c1-2-3-20-40-27-13-10-25(11-14-27)33(34,35)31(32(39)38-18-16-26(36)17-19-38)37-42-30-15-9-23-21-29(12-8-24(23)22-30)41-28-6-4-5-7-28;1-2/h8-15,21,23-24,26,28,30-31,37H,2-7,16-20,22,36H2,1H3;2H,1H3/t23?,24?,30?,31-;/m1./s1. The molecule has 1 aromatic carbocycles. The Labute approximate surface area is 265 Å². The van der Waals surface area contributed by atoms with Gasteiger partial charge < -0.3 is 25.2 Å². The Bertz CT molecular complexity index is 1130. The predicted molar refractivity (Wildman–Crippen MR) is 172 cm³/mol. The fraction of sp³-hybridized carbons (Fsp3) is 0.618. The van der Waals surface area contributed by atoms with Crippen LogP contribution in [0.1, 0.15) is 70.3 Å². The molecule has 0 bridgehead atoms. The maximum absolute atomic E-state index is 16.1. The number of carbonyl (C=O) groups excluding carboxylic acids is 1. The number of carbonyl (C=O) groups is 1. The molecule has 5 rings (SSSR count). The minimum absolute atomic E-state index is 0.00223. The minimum atomic E-state index is -3.42. The molecule has 2 fully saturated rings. The summed E-state index contributed by atoms with van der Waals surface area (Å²) in [5, 5.41) is 6.96. The third-order valence-electron chi connectivity index (χ3n) is 8.82. The van der Waals surface area contributed by atoms with Crippen LogP contribution in [0.4, 0.5) is 8.78 Å². The lowest BCUT2D eigenvalue weighted by atomic mass is 9.81. The van der Waals surface area contributed by atoms with Crippen LogP contribution in [0.25, 0.3) is 0 Å². The molecule has 4 aliphatic rings. The van der Waals surface area contributed by atoms with Crippen molar-refractivity contribution < 1.29 is 28.2 Å². The average Bonchev–Trinajstić information content (AvgIpc) is 3.56. The van der Waals surface area contributed by atoms with Gasteiger partial charge in [-0.25, -0.2) is 4.72 Å². The van der Waals surface area contributed by atoms with Gasteiger partial charge in [-0.1, -0.05) is 43.5 Å². The van der Waals surface area contributed by atoms with Crippen LogP contribution < -0.4 is 15.2 Å². The van der Waals surface area contributed by atoms with Gasteiger partial charge >= 0.3 is 0 Å². The summed E-state index contributed by atoms with van der Waals surface area (Å²) < 4.78 is 47.1. The van der Waals surface area contributed by atoms with Crippen LogP contribution in [0.15, 0.2) is 60.4 Å². The zero-order valence-electron chi connectivity index (χ0n) is 26.0. The molecule has 44 heavy (non-hydrogen) atoms. The number of piperidine rings is 1. The Kier molecular flexibility index (Phi) is 13.1. The van der Waals surface area contributed by atoms with Crippen molar-refractivity contribution in [3.8, 4) is 5.75 Å². The van der Waals surface area contributed by atoms with E-state index in [9.17, 15) is 4.79 Å². The van der Waals surface area contributed by atoms with Crippen molar-refractivity contribution in [1.82, 2.24) is 9.62 Å². The van der Waals surface area contributed by atoms with Crippen molar-refractivity contribution in [1.29, 1.82) is 0 Å². The van der Waals surface area contributed by atoms with Crippen LogP contribution in [-0.2, 0) is 15.5 Å². The molecule has 1 heterocycles. The number of fused-ring (bicyclic) bond motifs is 1. The molecule has 0 radical (unpaired) electrons. The number of ether oxygens (including phenoxy) is 2. The number of hydrogen-bond donors (Lipinski definition) is 3. The molecule has 1 amide bonds. The zero-order valence-corrected chi connectivity index (χ0v) is 26.8. The fourth-order valence-corrected chi connectivity index (χ4v) is 7.17. The number of benzene rings is 1. The molecule has 244 valence electrons. The number of nitrogens with one attached hydrogen (secondary N) is 1. The van der Waals surface area contributed by atoms with Gasteiger partial charge in [-0.15, -0.1) is 0 Å². The number of unbranched alkanes of at least 4 members (excludes halogenated alkanes) is 1. The topological polar surface area (TPSA) is 97.1 Å². The average molecular weight is 634 g/mol. The molecule has 4 N–H and O–H groups in total. The highest BCUT2D eigenvalue weighted by Gasteiger charge is 2.48. The third kappa shape index (κ3) is 9.08. The van der Waals surface area contributed by atoms with Crippen molar-refractivity contribution in [2.45, 2.75) is 94.1 Å². The van der Waals surface area contributed by atoms with Crippen molar-refractivity contribution in [3.63, 3.8) is 0 Å². The molecule has 3 unspecified atom stereocenters. The summed E-state index contributed by atoms with van der Waals surface area (Å²) in [5.41, 5.74) is 5.82. The maximum Gasteiger partial charge on any atom is 0.298 e. The molecule has 7 nitrogen and oxygen atoms in total. The largest absolute Gasteiger partial charge is 0.494 e. The second kappa shape index (κ2) is 16.8. The SMILES string of the molecule is CCCCOc1ccc(C(F)(F)[C@H](NSC2C=CC3C=C(OC4CCCC4)C=CC3C2)C(=O)N2CCC(N)CC2)cc1.CO. The summed E-state index contributed by atoms with van der Waals surface area (Å²) in [6.07, 6.45) is 19.6. The summed E-state index contributed by atoms with van der Waals surface area (Å²) >= 11 is 1.22. The van der Waals surface area contributed by atoms with Gasteiger partial charge in [0.05, 0.1) is 12.7 Å². The maximum atomic E-state index is 16.1. The molecule has 10 heteroatoms. The van der Waals surface area contributed by atoms with Crippen LogP contribution in [0.5, 0.6) is 5.75 Å². The second-order valence-corrected chi connectivity index (χ2v) is 13.1. The number of hydrogen-bond acceptors (Lipinski definition) is 7. The second-order valence-electron chi connectivity index (χ2n) is 12.0. The van der Waals surface area contributed by atoms with E-state index in [1.807, 2.05) is 0 Å². The molecular weight excluding hydrogens is 584 g/mol. The van der Waals surface area contributed by atoms with Crippen LogP contribution >= 0.6 is 11.9 Å². The number of alkyl halides is 2. The van der Waals surface area contributed by atoms with Gasteiger partial charge in [-0.3, -0.25) is 4.79 Å². The lowest BCUT2D eigenvalue weighted by molar-refractivity contribution is -0.145. The molecule has 1 saturated heterocycles. The number of aliphatic hydroxyl groups is 1. The van der Waals surface area contributed by atoms with E-state index in [0.717, 1.165) is 45.0 Å². The van der Waals surface area contributed by atoms with Gasteiger partial charge in [-0.2, -0.15) is 8.78 Å². The van der Waals surface area contributed by atoms with E-state index >= 15 is 8.78 Å². The smallest absolute Gasteiger partial charge is 0.298 e. The highest BCUT2D eigenvalue weighted by molar-refractivity contribution is 7.98. The molecule has 0 aromatic heterocycles. The number of amides is 1. The molecule has 1 aromatic rings. The highest BCUT2D eigenvalue weighted by atomic mass is 32.2. The van der Waals surface area contributed by atoms with Gasteiger partial charge in [0.1, 0.15) is 11.5 Å². The van der Waals surface area contributed by atoms with Gasteiger partial charge in [0, 0.05) is 43.0 Å². The third-order valence-corrected chi connectivity index (χ3v) is 9.84. The minimum Gasteiger partial charge on any atom is -0.494 e. The van der Waals surface area contributed by atoms with Crippen molar-refractivity contribution in [2.75, 3.05) is 26.8 Å². The van der Waals surface area contributed by atoms with Crippen molar-refractivity contribution in [2.24, 2.45) is 17.6 Å². The summed E-state index contributed by atoms with van der Waals surface area (Å²) in [6, 6.07) is 4.15. The normalized spacial score (nSPS) is 24.6. The Morgan fingerprint density at radius 2 is 1.82 bits per heavy atom. The Morgan fingerprint density at radius 3 is 2.50 bits per heavy atom. The number of aliphatic hydroxyl groups excluding tert-OH is 1. The van der Waals surface area contributed by atoms with Crippen LogP contribution in [0, 0.1) is 11.8 Å². The quantitative estimate of drug-likeness (QED) is 0.146. The first kappa shape index (κ1) is 34.5. The molecule has 4 atom stereocenters. The predicted octanol–water partition coefficient (Wildman–Crippen LogP) is 6.10. The number of halogens is 2. The fourth-order valence-electron chi connectivity index (χ4n) is 6.12. The first-order valence-corrected chi connectivity index (χ1v) is 17.0. The van der Waals surface area contributed by atoms with Crippen LogP contribution in [0.2, 0.25) is 0 Å².